The Morgan fingerprint density at radius 2 is 1.35 bits per heavy atom. The number of fused-ring (bicyclic) bond motifs is 6. The molecular weight excluding hydrogens is 592 g/mol. The van der Waals surface area contributed by atoms with E-state index in [-0.39, 0.29) is 5.41 Å². The summed E-state index contributed by atoms with van der Waals surface area (Å²) in [5.41, 5.74) is 9.46. The monoisotopic (exact) mass is 626 g/mol. The van der Waals surface area contributed by atoms with Gasteiger partial charge in [-0.1, -0.05) is 75.4 Å². The third-order valence-electron chi connectivity index (χ3n) is 9.27. The van der Waals surface area contributed by atoms with Gasteiger partial charge in [-0.2, -0.15) is 0 Å². The van der Waals surface area contributed by atoms with Gasteiger partial charge in [0.2, 0.25) is 0 Å². The maximum atomic E-state index is 6.60. The van der Waals surface area contributed by atoms with Crippen molar-refractivity contribution in [1.82, 2.24) is 9.55 Å². The third kappa shape index (κ3) is 4.60. The molecule has 0 unspecified atom stereocenters. The molecule has 0 N–H and O–H groups in total. The van der Waals surface area contributed by atoms with Gasteiger partial charge in [0, 0.05) is 40.5 Å². The fourth-order valence-electron chi connectivity index (χ4n) is 6.82. The van der Waals surface area contributed by atoms with Crippen LogP contribution < -0.4 is 14.5 Å². The lowest BCUT2D eigenvalue weighted by Gasteiger charge is -2.22. The van der Waals surface area contributed by atoms with Crippen molar-refractivity contribution >= 4 is 55.7 Å². The number of ether oxygens (including phenoxy) is 1. The van der Waals surface area contributed by atoms with Gasteiger partial charge in [0.1, 0.15) is 35.1 Å². The maximum absolute atomic E-state index is 6.60. The van der Waals surface area contributed by atoms with Crippen LogP contribution in [0.1, 0.15) is 26.3 Å². The first-order chi connectivity index (χ1) is 23.4. The predicted molar refractivity (Wildman–Crippen MR) is 196 cm³/mol. The molecule has 8 aromatic rings. The van der Waals surface area contributed by atoms with E-state index in [9.17, 15) is 0 Å². The lowest BCUT2D eigenvalue weighted by Crippen LogP contribution is -2.23. The number of para-hydroxylation sites is 4. The summed E-state index contributed by atoms with van der Waals surface area (Å²) >= 11 is 0. The van der Waals surface area contributed by atoms with Gasteiger partial charge in [0.05, 0.1) is 16.9 Å². The quantitative estimate of drug-likeness (QED) is 0.190. The highest BCUT2D eigenvalue weighted by atomic mass is 16.5. The van der Waals surface area contributed by atoms with Crippen LogP contribution in [0.25, 0.3) is 38.8 Å². The second kappa shape index (κ2) is 10.8. The zero-order valence-electron chi connectivity index (χ0n) is 27.1. The minimum atomic E-state index is 0.00840. The van der Waals surface area contributed by atoms with Crippen LogP contribution in [0.5, 0.6) is 11.5 Å². The van der Waals surface area contributed by atoms with E-state index in [1.165, 1.54) is 11.3 Å². The van der Waals surface area contributed by atoms with E-state index in [0.29, 0.717) is 6.67 Å². The number of furan rings is 1. The van der Waals surface area contributed by atoms with Crippen molar-refractivity contribution in [3.05, 3.63) is 145 Å². The van der Waals surface area contributed by atoms with Crippen molar-refractivity contribution in [3.8, 4) is 17.3 Å². The Morgan fingerprint density at radius 3 is 2.12 bits per heavy atom. The molecule has 1 aliphatic heterocycles. The van der Waals surface area contributed by atoms with Gasteiger partial charge in [0.15, 0.2) is 5.58 Å². The third-order valence-corrected chi connectivity index (χ3v) is 9.27. The number of nitrogens with zero attached hydrogens (tertiary/aromatic N) is 4. The first-order valence-corrected chi connectivity index (χ1v) is 16.3. The molecule has 4 heterocycles. The number of rotatable bonds is 5. The molecule has 0 saturated heterocycles. The molecule has 6 heteroatoms. The number of hydrogen-bond donors (Lipinski definition) is 0. The largest absolute Gasteiger partial charge is 0.457 e. The van der Waals surface area contributed by atoms with Crippen LogP contribution in [0.2, 0.25) is 0 Å². The Hall–Kier alpha value is -6.01. The van der Waals surface area contributed by atoms with Crippen LogP contribution in [-0.4, -0.2) is 16.2 Å². The van der Waals surface area contributed by atoms with Gasteiger partial charge in [-0.15, -0.1) is 0 Å². The summed E-state index contributed by atoms with van der Waals surface area (Å²) in [6.07, 6.45) is 1.98. The zero-order valence-corrected chi connectivity index (χ0v) is 27.1. The number of hydrogen-bond acceptors (Lipinski definition) is 5. The van der Waals surface area contributed by atoms with Crippen LogP contribution in [-0.2, 0) is 5.41 Å². The molecule has 0 fully saturated rings. The Bertz CT molecular complexity index is 2450. The molecule has 234 valence electrons. The number of anilines is 4. The van der Waals surface area contributed by atoms with Crippen molar-refractivity contribution in [1.29, 1.82) is 0 Å². The molecule has 0 amide bonds. The van der Waals surface area contributed by atoms with E-state index >= 15 is 0 Å². The second-order valence-corrected chi connectivity index (χ2v) is 13.4. The number of pyridine rings is 1. The maximum Gasteiger partial charge on any atom is 0.161 e. The molecular formula is C42H34N4O2. The molecule has 3 aromatic heterocycles. The summed E-state index contributed by atoms with van der Waals surface area (Å²) in [7, 11) is 0. The average Bonchev–Trinajstić information content (AvgIpc) is 3.78. The van der Waals surface area contributed by atoms with Gasteiger partial charge >= 0.3 is 0 Å². The summed E-state index contributed by atoms with van der Waals surface area (Å²) in [5.74, 6) is 2.34. The smallest absolute Gasteiger partial charge is 0.161 e. The van der Waals surface area contributed by atoms with E-state index in [4.69, 9.17) is 14.1 Å². The van der Waals surface area contributed by atoms with Crippen LogP contribution in [0, 0.1) is 0 Å². The first kappa shape index (κ1) is 28.2. The van der Waals surface area contributed by atoms with Crippen LogP contribution in [0.15, 0.2) is 144 Å². The molecule has 6 nitrogen and oxygen atoms in total. The fraction of sp³-hybridized carbons (Fsp3) is 0.119. The van der Waals surface area contributed by atoms with Crippen LogP contribution >= 0.6 is 0 Å². The standard InChI is InChI=1S/C42H34N4O2/c1-42(2,3)28-20-23-39(43-26-28)46-37-25-32(21-22-33(37)41-40(46)34-16-7-10-19-38(34)48-41)47-31-15-11-14-30(24-31)45-27-44(29-12-5-4-6-13-29)35-17-8-9-18-36(35)45/h4-26H,27H2,1-3H3. The van der Waals surface area contributed by atoms with Gasteiger partial charge in [-0.3, -0.25) is 4.57 Å². The van der Waals surface area contributed by atoms with Crippen molar-refractivity contribution in [3.63, 3.8) is 0 Å². The highest BCUT2D eigenvalue weighted by Crippen LogP contribution is 2.45. The van der Waals surface area contributed by atoms with E-state index in [0.717, 1.165) is 67.4 Å². The Labute approximate surface area is 279 Å². The molecule has 0 radical (unpaired) electrons. The summed E-state index contributed by atoms with van der Waals surface area (Å²) in [6.45, 7) is 7.32. The minimum absolute atomic E-state index is 0.00840. The molecule has 0 saturated carbocycles. The number of benzene rings is 5. The minimum Gasteiger partial charge on any atom is -0.457 e. The highest BCUT2D eigenvalue weighted by molar-refractivity contribution is 6.16. The first-order valence-electron chi connectivity index (χ1n) is 16.3. The Kier molecular flexibility index (Phi) is 6.34. The molecule has 0 aliphatic carbocycles. The van der Waals surface area contributed by atoms with Crippen molar-refractivity contribution in [2.75, 3.05) is 16.5 Å². The Balaban J connectivity index is 1.11. The topological polar surface area (TPSA) is 46.7 Å². The number of aromatic nitrogens is 2. The van der Waals surface area contributed by atoms with E-state index < -0.39 is 0 Å². The van der Waals surface area contributed by atoms with Gasteiger partial charge in [-0.05, 0) is 77.7 Å². The van der Waals surface area contributed by atoms with Crippen molar-refractivity contribution in [2.24, 2.45) is 0 Å². The SMILES string of the molecule is CC(C)(C)c1ccc(-n2c3cc(Oc4cccc(N5CN(c6ccccc6)c6ccccc65)c4)ccc3c3oc4ccccc4c32)nc1. The average molecular weight is 627 g/mol. The lowest BCUT2D eigenvalue weighted by molar-refractivity contribution is 0.483. The summed E-state index contributed by atoms with van der Waals surface area (Å²) in [4.78, 5) is 9.63. The van der Waals surface area contributed by atoms with Crippen molar-refractivity contribution in [2.45, 2.75) is 26.2 Å². The highest BCUT2D eigenvalue weighted by Gasteiger charge is 2.28. The Morgan fingerprint density at radius 1 is 0.646 bits per heavy atom. The normalized spacial score (nSPS) is 13.1. The summed E-state index contributed by atoms with van der Waals surface area (Å²) in [6, 6.07) is 46.0. The molecule has 9 rings (SSSR count). The lowest BCUT2D eigenvalue weighted by atomic mass is 9.88. The van der Waals surface area contributed by atoms with Gasteiger partial charge < -0.3 is 19.0 Å². The zero-order chi connectivity index (χ0) is 32.4. The van der Waals surface area contributed by atoms with E-state index in [1.54, 1.807) is 0 Å². The summed E-state index contributed by atoms with van der Waals surface area (Å²) < 4.78 is 15.2. The molecule has 0 bridgehead atoms. The fourth-order valence-corrected chi connectivity index (χ4v) is 6.82. The molecule has 5 aromatic carbocycles. The van der Waals surface area contributed by atoms with Crippen molar-refractivity contribution < 1.29 is 9.15 Å². The molecule has 0 atom stereocenters. The molecule has 48 heavy (non-hydrogen) atoms. The van der Waals surface area contributed by atoms with Gasteiger partial charge in [-0.25, -0.2) is 4.98 Å². The molecule has 1 aliphatic rings. The van der Waals surface area contributed by atoms with Crippen LogP contribution in [0.3, 0.4) is 0 Å². The predicted octanol–water partition coefficient (Wildman–Crippen LogP) is 11.3. The van der Waals surface area contributed by atoms with E-state index in [1.807, 2.05) is 30.5 Å². The molecule has 0 spiro atoms. The van der Waals surface area contributed by atoms with Gasteiger partial charge in [0.25, 0.3) is 0 Å². The van der Waals surface area contributed by atoms with E-state index in [2.05, 4.69) is 144 Å². The van der Waals surface area contributed by atoms with Crippen LogP contribution in [0.4, 0.5) is 22.7 Å². The summed E-state index contributed by atoms with van der Waals surface area (Å²) in [5, 5.41) is 2.06. The second-order valence-electron chi connectivity index (χ2n) is 13.4.